The van der Waals surface area contributed by atoms with Crippen molar-refractivity contribution in [1.82, 2.24) is 0 Å². The molecule has 162 valence electrons. The summed E-state index contributed by atoms with van der Waals surface area (Å²) >= 11 is 9.43. The maximum absolute atomic E-state index is 13.3. The fourth-order valence-corrected chi connectivity index (χ4v) is 4.02. The Bertz CT molecular complexity index is 1400. The molecular weight excluding hydrogens is 500 g/mol. The Morgan fingerprint density at radius 3 is 2.47 bits per heavy atom. The van der Waals surface area contributed by atoms with E-state index in [1.165, 1.54) is 20.3 Å². The number of hydrogen-bond acceptors (Lipinski definition) is 6. The van der Waals surface area contributed by atoms with Crippen molar-refractivity contribution < 1.29 is 23.4 Å². The lowest BCUT2D eigenvalue weighted by Gasteiger charge is -2.14. The van der Waals surface area contributed by atoms with Gasteiger partial charge in [0.2, 0.25) is 11.2 Å². The second-order valence-corrected chi connectivity index (χ2v) is 7.97. The van der Waals surface area contributed by atoms with Gasteiger partial charge in [-0.15, -0.1) is 0 Å². The van der Waals surface area contributed by atoms with E-state index < -0.39 is 11.4 Å². The van der Waals surface area contributed by atoms with Gasteiger partial charge in [-0.3, -0.25) is 4.79 Å². The Hall–Kier alpha value is -3.29. The summed E-state index contributed by atoms with van der Waals surface area (Å²) in [5.74, 6) is -0.0361. The van der Waals surface area contributed by atoms with E-state index in [0.29, 0.717) is 32.1 Å². The van der Waals surface area contributed by atoms with Crippen LogP contribution in [-0.2, 0) is 0 Å². The van der Waals surface area contributed by atoms with Crippen LogP contribution >= 0.6 is 27.5 Å². The fraction of sp³-hybridized carbons (Fsp3) is 0.0833. The molecule has 0 spiro atoms. The minimum atomic E-state index is -0.740. The Morgan fingerprint density at radius 1 is 0.969 bits per heavy atom. The number of para-hydroxylation sites is 1. The van der Waals surface area contributed by atoms with Crippen molar-refractivity contribution in [1.29, 1.82) is 0 Å². The van der Waals surface area contributed by atoms with Gasteiger partial charge in [-0.05, 0) is 58.4 Å². The van der Waals surface area contributed by atoms with Gasteiger partial charge in [0.25, 0.3) is 0 Å². The van der Waals surface area contributed by atoms with E-state index in [9.17, 15) is 9.59 Å². The second-order valence-electron chi connectivity index (χ2n) is 6.68. The lowest BCUT2D eigenvalue weighted by atomic mass is 10.1. The van der Waals surface area contributed by atoms with Gasteiger partial charge in [0.05, 0.1) is 29.6 Å². The Morgan fingerprint density at radius 2 is 1.75 bits per heavy atom. The first kappa shape index (κ1) is 21.9. The molecule has 0 radical (unpaired) electrons. The zero-order valence-electron chi connectivity index (χ0n) is 17.0. The van der Waals surface area contributed by atoms with Gasteiger partial charge in [-0.25, -0.2) is 4.79 Å². The predicted molar refractivity (Wildman–Crippen MR) is 125 cm³/mol. The normalized spacial score (nSPS) is 10.8. The smallest absolute Gasteiger partial charge is 0.343 e. The van der Waals surface area contributed by atoms with Gasteiger partial charge in [-0.1, -0.05) is 29.8 Å². The van der Waals surface area contributed by atoms with E-state index in [1.807, 2.05) is 0 Å². The average molecular weight is 516 g/mol. The summed E-state index contributed by atoms with van der Waals surface area (Å²) in [5.41, 5.74) is 0.514. The summed E-state index contributed by atoms with van der Waals surface area (Å²) in [6.45, 7) is 0. The maximum atomic E-state index is 13.3. The SMILES string of the molecule is COc1cc(-c2oc3ccccc3c(=O)c2OC(=O)c2cccc(Cl)c2)cc(Br)c1OC. The van der Waals surface area contributed by atoms with E-state index in [0.717, 1.165) is 0 Å². The molecule has 0 unspecified atom stereocenters. The van der Waals surface area contributed by atoms with Gasteiger partial charge >= 0.3 is 5.97 Å². The lowest BCUT2D eigenvalue weighted by molar-refractivity contribution is 0.0731. The quantitative estimate of drug-likeness (QED) is 0.298. The average Bonchev–Trinajstić information content (AvgIpc) is 2.80. The van der Waals surface area contributed by atoms with Crippen molar-refractivity contribution in [2.75, 3.05) is 14.2 Å². The monoisotopic (exact) mass is 514 g/mol. The predicted octanol–water partition coefficient (Wildman–Crippen LogP) is 6.11. The third kappa shape index (κ3) is 4.09. The number of carbonyl (C=O) groups excluding carboxylic acids is 1. The molecule has 4 rings (SSSR count). The van der Waals surface area contributed by atoms with E-state index in [1.54, 1.807) is 54.6 Å². The van der Waals surface area contributed by atoms with Crippen molar-refractivity contribution in [2.24, 2.45) is 0 Å². The molecule has 0 N–H and O–H groups in total. The topological polar surface area (TPSA) is 75.0 Å². The highest BCUT2D eigenvalue weighted by molar-refractivity contribution is 9.10. The summed E-state index contributed by atoms with van der Waals surface area (Å²) in [4.78, 5) is 26.1. The number of ether oxygens (including phenoxy) is 3. The van der Waals surface area contributed by atoms with Gasteiger partial charge < -0.3 is 18.6 Å². The van der Waals surface area contributed by atoms with Gasteiger partial charge in [0.15, 0.2) is 17.3 Å². The Balaban J connectivity index is 1.93. The molecule has 8 heteroatoms. The van der Waals surface area contributed by atoms with Crippen LogP contribution in [0.4, 0.5) is 0 Å². The van der Waals surface area contributed by atoms with Crippen molar-refractivity contribution >= 4 is 44.5 Å². The molecule has 0 atom stereocenters. The van der Waals surface area contributed by atoms with Crippen LogP contribution in [0.5, 0.6) is 17.2 Å². The van der Waals surface area contributed by atoms with Crippen LogP contribution in [0.2, 0.25) is 5.02 Å². The third-order valence-electron chi connectivity index (χ3n) is 4.71. The van der Waals surface area contributed by atoms with Gasteiger partial charge in [0.1, 0.15) is 5.58 Å². The van der Waals surface area contributed by atoms with Crippen molar-refractivity contribution in [3.05, 3.63) is 85.9 Å². The first-order valence-electron chi connectivity index (χ1n) is 9.38. The molecule has 4 aromatic rings. The summed E-state index contributed by atoms with van der Waals surface area (Å²) in [6, 6.07) is 16.3. The van der Waals surface area contributed by atoms with E-state index >= 15 is 0 Å². The molecule has 0 fully saturated rings. The highest BCUT2D eigenvalue weighted by Gasteiger charge is 2.23. The first-order valence-corrected chi connectivity index (χ1v) is 10.6. The molecular formula is C24H16BrClO6. The Labute approximate surface area is 196 Å². The van der Waals surface area contributed by atoms with Crippen LogP contribution in [0.15, 0.2) is 74.3 Å². The fourth-order valence-electron chi connectivity index (χ4n) is 3.22. The molecule has 0 aliphatic rings. The number of rotatable bonds is 5. The lowest BCUT2D eigenvalue weighted by Crippen LogP contribution is -2.16. The van der Waals surface area contributed by atoms with Crippen LogP contribution in [0.1, 0.15) is 10.4 Å². The van der Waals surface area contributed by atoms with E-state index in [2.05, 4.69) is 15.9 Å². The van der Waals surface area contributed by atoms with Crippen molar-refractivity contribution in [2.45, 2.75) is 0 Å². The minimum Gasteiger partial charge on any atom is -0.493 e. The molecule has 0 bridgehead atoms. The molecule has 1 heterocycles. The largest absolute Gasteiger partial charge is 0.493 e. The van der Waals surface area contributed by atoms with Crippen LogP contribution in [0.3, 0.4) is 0 Å². The molecule has 0 amide bonds. The number of halogens is 2. The van der Waals surface area contributed by atoms with Crippen LogP contribution in [0.25, 0.3) is 22.3 Å². The summed E-state index contributed by atoms with van der Waals surface area (Å²) < 4.78 is 22.9. The molecule has 1 aromatic heterocycles. The second kappa shape index (κ2) is 9.06. The molecule has 0 aliphatic heterocycles. The number of methoxy groups -OCH3 is 2. The van der Waals surface area contributed by atoms with Gasteiger partial charge in [0, 0.05) is 10.6 Å². The number of esters is 1. The zero-order valence-corrected chi connectivity index (χ0v) is 19.3. The van der Waals surface area contributed by atoms with E-state index in [-0.39, 0.29) is 22.5 Å². The molecule has 6 nitrogen and oxygen atoms in total. The Kier molecular flexibility index (Phi) is 6.21. The van der Waals surface area contributed by atoms with E-state index in [4.69, 9.17) is 30.2 Å². The standard InChI is InChI=1S/C24H16BrClO6/c1-29-19-12-14(11-17(25)22(19)30-2)21-23(20(27)16-8-3-4-9-18(16)31-21)32-24(28)13-6-5-7-15(26)10-13/h3-12H,1-2H3. The maximum Gasteiger partial charge on any atom is 0.343 e. The van der Waals surface area contributed by atoms with Crippen LogP contribution in [-0.4, -0.2) is 20.2 Å². The highest BCUT2D eigenvalue weighted by atomic mass is 79.9. The summed E-state index contributed by atoms with van der Waals surface area (Å²) in [6.07, 6.45) is 0. The minimum absolute atomic E-state index is 0.0748. The number of fused-ring (bicyclic) bond motifs is 1. The molecule has 0 saturated heterocycles. The summed E-state index contributed by atoms with van der Waals surface area (Å²) in [5, 5.41) is 0.652. The molecule has 3 aromatic carbocycles. The van der Waals surface area contributed by atoms with Crippen LogP contribution < -0.4 is 19.6 Å². The van der Waals surface area contributed by atoms with Gasteiger partial charge in [-0.2, -0.15) is 0 Å². The third-order valence-corrected chi connectivity index (χ3v) is 5.53. The zero-order chi connectivity index (χ0) is 22.8. The number of hydrogen-bond donors (Lipinski definition) is 0. The molecule has 0 saturated carbocycles. The number of benzene rings is 3. The first-order chi connectivity index (χ1) is 15.4. The summed E-state index contributed by atoms with van der Waals surface area (Å²) in [7, 11) is 3.00. The molecule has 0 aliphatic carbocycles. The van der Waals surface area contributed by atoms with Crippen LogP contribution in [0, 0.1) is 0 Å². The number of carbonyl (C=O) groups is 1. The van der Waals surface area contributed by atoms with Crippen molar-refractivity contribution in [3.63, 3.8) is 0 Å². The van der Waals surface area contributed by atoms with Crippen molar-refractivity contribution in [3.8, 4) is 28.6 Å². The molecule has 32 heavy (non-hydrogen) atoms. The highest BCUT2D eigenvalue weighted by Crippen LogP contribution is 2.41.